The molecular formula is C34H61N2O6-. The number of carboxylic acid groups (broad SMARTS) is 1. The summed E-state index contributed by atoms with van der Waals surface area (Å²) in [4.78, 5) is 39.4. The number of carboxylic acids is 1. The second kappa shape index (κ2) is 17.6. The molecule has 1 saturated carbocycles. The lowest BCUT2D eigenvalue weighted by Crippen LogP contribution is -2.64. The highest BCUT2D eigenvalue weighted by molar-refractivity contribution is 5.83. The standard InChI is InChI=1S/C34H62N2O6/c1-7-9-10-11-12-13-14-15-16-18-21-26(8-2)29(37)36-34(22-19-17-20-23-34)27(31(39)40)24-35-30(38)28-32(3,4)25-41-33(5,6)42-28/h26-28H,7-25H2,1-6H3,(H,35,38)(H,36,37)(H,39,40)/p-1. The fourth-order valence-corrected chi connectivity index (χ4v) is 6.61. The van der Waals surface area contributed by atoms with Crippen LogP contribution in [0.15, 0.2) is 0 Å². The van der Waals surface area contributed by atoms with E-state index in [2.05, 4.69) is 17.6 Å². The number of hydrogen-bond donors (Lipinski definition) is 2. The Morgan fingerprint density at radius 1 is 0.857 bits per heavy atom. The van der Waals surface area contributed by atoms with Crippen LogP contribution in [0, 0.1) is 17.3 Å². The molecule has 0 spiro atoms. The third-order valence-corrected chi connectivity index (χ3v) is 9.46. The molecule has 2 amide bonds. The zero-order valence-corrected chi connectivity index (χ0v) is 27.6. The average molecular weight is 594 g/mol. The Kier molecular flexibility index (Phi) is 15.3. The Hall–Kier alpha value is -1.67. The molecule has 2 N–H and O–H groups in total. The lowest BCUT2D eigenvalue weighted by molar-refractivity contribution is -0.314. The topological polar surface area (TPSA) is 117 Å². The Morgan fingerprint density at radius 3 is 1.98 bits per heavy atom. The number of nitrogens with one attached hydrogen (secondary N) is 2. The summed E-state index contributed by atoms with van der Waals surface area (Å²) < 4.78 is 11.7. The Bertz CT molecular complexity index is 836. The summed E-state index contributed by atoms with van der Waals surface area (Å²) in [7, 11) is 0. The molecule has 2 fully saturated rings. The second-order valence-corrected chi connectivity index (χ2v) is 14.1. The van der Waals surface area contributed by atoms with Crippen LogP contribution in [-0.4, -0.2) is 48.4 Å². The molecular weight excluding hydrogens is 532 g/mol. The van der Waals surface area contributed by atoms with Crippen LogP contribution in [0.4, 0.5) is 0 Å². The first-order chi connectivity index (χ1) is 19.9. The maximum Gasteiger partial charge on any atom is 0.249 e. The van der Waals surface area contributed by atoms with E-state index in [1.54, 1.807) is 13.8 Å². The summed E-state index contributed by atoms with van der Waals surface area (Å²) in [5, 5.41) is 18.6. The molecule has 1 saturated heterocycles. The molecule has 1 heterocycles. The lowest BCUT2D eigenvalue weighted by Gasteiger charge is -2.46. The minimum Gasteiger partial charge on any atom is -0.550 e. The molecule has 8 heteroatoms. The summed E-state index contributed by atoms with van der Waals surface area (Å²) in [6.45, 7) is 11.8. The minimum atomic E-state index is -1.24. The van der Waals surface area contributed by atoms with Crippen molar-refractivity contribution in [3.05, 3.63) is 0 Å². The third kappa shape index (κ3) is 11.4. The number of hydrogen-bond acceptors (Lipinski definition) is 6. The molecule has 3 unspecified atom stereocenters. The predicted molar refractivity (Wildman–Crippen MR) is 164 cm³/mol. The van der Waals surface area contributed by atoms with Crippen molar-refractivity contribution < 1.29 is 29.0 Å². The van der Waals surface area contributed by atoms with Crippen molar-refractivity contribution in [1.29, 1.82) is 0 Å². The molecule has 0 aromatic carbocycles. The van der Waals surface area contributed by atoms with E-state index in [4.69, 9.17) is 9.47 Å². The van der Waals surface area contributed by atoms with Gasteiger partial charge < -0.3 is 30.0 Å². The zero-order valence-electron chi connectivity index (χ0n) is 27.6. The van der Waals surface area contributed by atoms with Crippen molar-refractivity contribution in [3.8, 4) is 0 Å². The van der Waals surface area contributed by atoms with Gasteiger partial charge in [0, 0.05) is 35.3 Å². The molecule has 1 aliphatic carbocycles. The van der Waals surface area contributed by atoms with Crippen molar-refractivity contribution in [2.24, 2.45) is 17.3 Å². The van der Waals surface area contributed by atoms with E-state index in [0.717, 1.165) is 44.9 Å². The molecule has 2 rings (SSSR count). The molecule has 42 heavy (non-hydrogen) atoms. The van der Waals surface area contributed by atoms with Gasteiger partial charge in [0.15, 0.2) is 5.79 Å². The molecule has 244 valence electrons. The van der Waals surface area contributed by atoms with Gasteiger partial charge in [-0.15, -0.1) is 0 Å². The molecule has 8 nitrogen and oxygen atoms in total. The van der Waals surface area contributed by atoms with Crippen LogP contribution < -0.4 is 15.7 Å². The average Bonchev–Trinajstić information content (AvgIpc) is 2.93. The largest absolute Gasteiger partial charge is 0.550 e. The summed E-state index contributed by atoms with van der Waals surface area (Å²) in [6.07, 6.45) is 17.0. The Morgan fingerprint density at radius 2 is 1.43 bits per heavy atom. The number of ether oxygens (including phenoxy) is 2. The minimum absolute atomic E-state index is 0.0662. The first-order valence-electron chi connectivity index (χ1n) is 17.0. The smallest absolute Gasteiger partial charge is 0.249 e. The van der Waals surface area contributed by atoms with Crippen LogP contribution in [0.5, 0.6) is 0 Å². The quantitative estimate of drug-likeness (QED) is 0.183. The van der Waals surface area contributed by atoms with Crippen molar-refractivity contribution in [2.45, 2.75) is 168 Å². The van der Waals surface area contributed by atoms with Gasteiger partial charge in [0.1, 0.15) is 6.10 Å². The summed E-state index contributed by atoms with van der Waals surface area (Å²) >= 11 is 0. The van der Waals surface area contributed by atoms with Crippen LogP contribution in [0.1, 0.15) is 151 Å². The van der Waals surface area contributed by atoms with Gasteiger partial charge >= 0.3 is 0 Å². The fourth-order valence-electron chi connectivity index (χ4n) is 6.61. The first kappa shape index (κ1) is 36.5. The van der Waals surface area contributed by atoms with Gasteiger partial charge in [0.2, 0.25) is 11.8 Å². The number of carbonyl (C=O) groups is 3. The van der Waals surface area contributed by atoms with E-state index in [1.165, 1.54) is 51.4 Å². The van der Waals surface area contributed by atoms with Gasteiger partial charge in [-0.25, -0.2) is 0 Å². The molecule has 0 bridgehead atoms. The van der Waals surface area contributed by atoms with Gasteiger partial charge in [-0.2, -0.15) is 0 Å². The lowest BCUT2D eigenvalue weighted by atomic mass is 9.72. The van der Waals surface area contributed by atoms with Gasteiger partial charge in [-0.3, -0.25) is 9.59 Å². The molecule has 3 atom stereocenters. The van der Waals surface area contributed by atoms with Crippen LogP contribution in [0.3, 0.4) is 0 Å². The number of carbonyl (C=O) groups excluding carboxylic acids is 3. The summed E-state index contributed by atoms with van der Waals surface area (Å²) in [6, 6.07) is 0. The molecule has 2 aliphatic rings. The van der Waals surface area contributed by atoms with Crippen LogP contribution in [0.2, 0.25) is 0 Å². The Labute approximate surface area is 255 Å². The summed E-state index contributed by atoms with van der Waals surface area (Å²) in [5.74, 6) is -3.76. The second-order valence-electron chi connectivity index (χ2n) is 14.1. The van der Waals surface area contributed by atoms with E-state index in [0.29, 0.717) is 19.4 Å². The highest BCUT2D eigenvalue weighted by atomic mass is 16.7. The van der Waals surface area contributed by atoms with E-state index < -0.39 is 34.7 Å². The number of rotatable bonds is 19. The predicted octanol–water partition coefficient (Wildman–Crippen LogP) is 5.80. The van der Waals surface area contributed by atoms with Crippen molar-refractivity contribution in [3.63, 3.8) is 0 Å². The first-order valence-corrected chi connectivity index (χ1v) is 17.0. The highest BCUT2D eigenvalue weighted by Crippen LogP contribution is 2.37. The van der Waals surface area contributed by atoms with E-state index >= 15 is 0 Å². The molecule has 0 aromatic heterocycles. The van der Waals surface area contributed by atoms with Gasteiger partial charge in [0.05, 0.1) is 6.61 Å². The zero-order chi connectivity index (χ0) is 31.2. The monoisotopic (exact) mass is 593 g/mol. The molecule has 0 aromatic rings. The van der Waals surface area contributed by atoms with E-state index in [9.17, 15) is 19.5 Å². The normalized spacial score (nSPS) is 22.6. The maximum absolute atomic E-state index is 13.6. The number of unbranched alkanes of at least 4 members (excludes halogenated alkanes) is 9. The SMILES string of the molecule is CCCCCCCCCCCCC(CC)C(=O)NC1(C(CNC(=O)C2OC(C)(C)OCC2(C)C)C(=O)[O-])CCCCC1. The van der Waals surface area contributed by atoms with Crippen molar-refractivity contribution in [1.82, 2.24) is 10.6 Å². The summed E-state index contributed by atoms with van der Waals surface area (Å²) in [5.41, 5.74) is -1.51. The van der Waals surface area contributed by atoms with Crippen LogP contribution in [-0.2, 0) is 23.9 Å². The third-order valence-electron chi connectivity index (χ3n) is 9.46. The van der Waals surface area contributed by atoms with E-state index in [-0.39, 0.29) is 24.3 Å². The van der Waals surface area contributed by atoms with Crippen molar-refractivity contribution >= 4 is 17.8 Å². The van der Waals surface area contributed by atoms with Gasteiger partial charge in [-0.05, 0) is 39.5 Å². The van der Waals surface area contributed by atoms with Gasteiger partial charge in [-0.1, -0.05) is 111 Å². The van der Waals surface area contributed by atoms with E-state index in [1.807, 2.05) is 20.8 Å². The van der Waals surface area contributed by atoms with Crippen molar-refractivity contribution in [2.75, 3.05) is 13.2 Å². The maximum atomic E-state index is 13.6. The van der Waals surface area contributed by atoms with Crippen LogP contribution in [0.25, 0.3) is 0 Å². The Balaban J connectivity index is 1.96. The number of aliphatic carboxylic acids is 1. The van der Waals surface area contributed by atoms with Gasteiger partial charge in [0.25, 0.3) is 0 Å². The molecule has 0 radical (unpaired) electrons. The fraction of sp³-hybridized carbons (Fsp3) is 0.912. The highest BCUT2D eigenvalue weighted by Gasteiger charge is 2.47. The molecule has 1 aliphatic heterocycles. The number of amides is 2. The van der Waals surface area contributed by atoms with Crippen LogP contribution >= 0.6 is 0 Å².